The lowest BCUT2D eigenvalue weighted by Crippen LogP contribution is -2.54. The van der Waals surface area contributed by atoms with Gasteiger partial charge in [0.15, 0.2) is 0 Å². The molecule has 0 aliphatic carbocycles. The fraction of sp³-hybridized carbons (Fsp3) is 0.562. The molecule has 1 aliphatic heterocycles. The van der Waals surface area contributed by atoms with Crippen LogP contribution in [0.1, 0.15) is 20.3 Å². The van der Waals surface area contributed by atoms with Crippen LogP contribution in [-0.4, -0.2) is 49.6 Å². The molecule has 0 bridgehead atoms. The van der Waals surface area contributed by atoms with E-state index < -0.39 is 0 Å². The van der Waals surface area contributed by atoms with Crippen molar-refractivity contribution in [1.29, 1.82) is 0 Å². The van der Waals surface area contributed by atoms with Gasteiger partial charge in [-0.25, -0.2) is 0 Å². The summed E-state index contributed by atoms with van der Waals surface area (Å²) >= 11 is 6.24. The Kier molecular flexibility index (Phi) is 5.88. The third-order valence-corrected chi connectivity index (χ3v) is 4.30. The molecule has 1 fully saturated rings. The molecule has 1 heterocycles. The number of carbonyl (C=O) groups excluding carboxylic acids is 1. The van der Waals surface area contributed by atoms with Crippen LogP contribution in [0.5, 0.6) is 0 Å². The van der Waals surface area contributed by atoms with E-state index in [-0.39, 0.29) is 11.9 Å². The molecule has 1 atom stereocenters. The van der Waals surface area contributed by atoms with Crippen molar-refractivity contribution in [3.63, 3.8) is 0 Å². The minimum Gasteiger partial charge on any atom is -0.368 e. The number of nitrogens with zero attached hydrogens (tertiary/aromatic N) is 2. The Morgan fingerprint density at radius 2 is 1.95 bits per heavy atom. The molecule has 1 aliphatic rings. The van der Waals surface area contributed by atoms with Gasteiger partial charge in [0.1, 0.15) is 0 Å². The van der Waals surface area contributed by atoms with Crippen LogP contribution in [0.25, 0.3) is 0 Å². The van der Waals surface area contributed by atoms with Gasteiger partial charge in [-0.15, -0.1) is 0 Å². The highest BCUT2D eigenvalue weighted by Crippen LogP contribution is 2.26. The van der Waals surface area contributed by atoms with Crippen molar-refractivity contribution in [3.8, 4) is 0 Å². The van der Waals surface area contributed by atoms with E-state index in [4.69, 9.17) is 11.6 Å². The first-order chi connectivity index (χ1) is 10.1. The summed E-state index contributed by atoms with van der Waals surface area (Å²) in [6.07, 6.45) is 0.971. The van der Waals surface area contributed by atoms with Crippen molar-refractivity contribution >= 4 is 23.2 Å². The highest BCUT2D eigenvalue weighted by molar-refractivity contribution is 6.33. The molecule has 21 heavy (non-hydrogen) atoms. The molecule has 2 rings (SSSR count). The van der Waals surface area contributed by atoms with E-state index >= 15 is 0 Å². The maximum Gasteiger partial charge on any atom is 0.237 e. The maximum atomic E-state index is 12.0. The second kappa shape index (κ2) is 7.66. The van der Waals surface area contributed by atoms with Gasteiger partial charge in [0.05, 0.1) is 16.8 Å². The molecule has 0 spiro atoms. The number of hydrogen-bond acceptors (Lipinski definition) is 3. The zero-order chi connectivity index (χ0) is 15.2. The lowest BCUT2D eigenvalue weighted by atomic mass is 10.2. The van der Waals surface area contributed by atoms with Gasteiger partial charge < -0.3 is 10.2 Å². The summed E-state index contributed by atoms with van der Waals surface area (Å²) in [5, 5.41) is 3.76. The van der Waals surface area contributed by atoms with Crippen molar-refractivity contribution < 1.29 is 4.79 Å². The molecule has 0 radical (unpaired) electrons. The zero-order valence-electron chi connectivity index (χ0n) is 12.8. The third kappa shape index (κ3) is 4.11. The minimum absolute atomic E-state index is 0.0649. The summed E-state index contributed by atoms with van der Waals surface area (Å²) in [6.45, 7) is 8.36. The quantitative estimate of drug-likeness (QED) is 0.907. The lowest BCUT2D eigenvalue weighted by molar-refractivity contribution is -0.126. The summed E-state index contributed by atoms with van der Waals surface area (Å²) in [7, 11) is 0. The molecule has 116 valence electrons. The number of carbonyl (C=O) groups is 1. The summed E-state index contributed by atoms with van der Waals surface area (Å²) in [5.41, 5.74) is 1.09. The molecular formula is C16H24ClN3O. The number of nitrogens with one attached hydrogen (secondary N) is 1. The number of piperazine rings is 1. The second-order valence-electron chi connectivity index (χ2n) is 5.44. The first-order valence-corrected chi connectivity index (χ1v) is 8.02. The van der Waals surface area contributed by atoms with Crippen molar-refractivity contribution in [2.75, 3.05) is 37.6 Å². The van der Waals surface area contributed by atoms with Crippen LogP contribution < -0.4 is 10.2 Å². The average molecular weight is 310 g/mol. The lowest BCUT2D eigenvalue weighted by Gasteiger charge is -2.38. The minimum atomic E-state index is -0.0649. The standard InChI is InChI=1S/C16H24ClN3O/c1-3-8-18-16(21)13(2)19-9-11-20(12-10-19)15-7-5-4-6-14(15)17/h4-7,13H,3,8-12H2,1-2H3,(H,18,21)/t13-/m1/s1. The Labute approximate surface area is 132 Å². The van der Waals surface area contributed by atoms with Crippen LogP contribution >= 0.6 is 11.6 Å². The van der Waals surface area contributed by atoms with Crippen LogP contribution in [0.3, 0.4) is 0 Å². The average Bonchev–Trinajstić information content (AvgIpc) is 2.52. The Bertz CT molecular complexity index is 472. The zero-order valence-corrected chi connectivity index (χ0v) is 13.6. The predicted molar refractivity (Wildman–Crippen MR) is 88.0 cm³/mol. The van der Waals surface area contributed by atoms with Gasteiger partial charge in [-0.05, 0) is 25.5 Å². The fourth-order valence-corrected chi connectivity index (χ4v) is 2.88. The van der Waals surface area contributed by atoms with Crippen molar-refractivity contribution in [3.05, 3.63) is 29.3 Å². The van der Waals surface area contributed by atoms with Crippen LogP contribution in [0, 0.1) is 0 Å². The number of halogens is 1. The normalized spacial score (nSPS) is 17.6. The summed E-state index contributed by atoms with van der Waals surface area (Å²) in [5.74, 6) is 0.128. The molecule has 0 aromatic heterocycles. The Morgan fingerprint density at radius 3 is 2.57 bits per heavy atom. The van der Waals surface area contributed by atoms with Crippen molar-refractivity contribution in [2.45, 2.75) is 26.3 Å². The number of anilines is 1. The van der Waals surface area contributed by atoms with Gasteiger partial charge >= 0.3 is 0 Å². The molecule has 1 N–H and O–H groups in total. The number of rotatable bonds is 5. The molecule has 5 heteroatoms. The highest BCUT2D eigenvalue weighted by atomic mass is 35.5. The van der Waals surface area contributed by atoms with Crippen LogP contribution in [-0.2, 0) is 4.79 Å². The number of hydrogen-bond donors (Lipinski definition) is 1. The number of amides is 1. The van der Waals surface area contributed by atoms with Gasteiger partial charge in [-0.3, -0.25) is 9.69 Å². The van der Waals surface area contributed by atoms with Gasteiger partial charge in [-0.1, -0.05) is 30.7 Å². The van der Waals surface area contributed by atoms with Crippen LogP contribution in [0.4, 0.5) is 5.69 Å². The molecule has 0 unspecified atom stereocenters. The van der Waals surface area contributed by atoms with Crippen molar-refractivity contribution in [2.24, 2.45) is 0 Å². The molecule has 1 aromatic rings. The van der Waals surface area contributed by atoms with E-state index in [2.05, 4.69) is 28.1 Å². The maximum absolute atomic E-state index is 12.0. The van der Waals surface area contributed by atoms with Gasteiger partial charge in [0.25, 0.3) is 0 Å². The molecule has 1 aromatic carbocycles. The highest BCUT2D eigenvalue weighted by Gasteiger charge is 2.25. The van der Waals surface area contributed by atoms with Gasteiger partial charge in [0, 0.05) is 32.7 Å². The Hall–Kier alpha value is -1.26. The summed E-state index contributed by atoms with van der Waals surface area (Å²) < 4.78 is 0. The van der Waals surface area contributed by atoms with Crippen LogP contribution in [0.15, 0.2) is 24.3 Å². The first-order valence-electron chi connectivity index (χ1n) is 7.64. The topological polar surface area (TPSA) is 35.6 Å². The van der Waals surface area contributed by atoms with E-state index in [1.807, 2.05) is 25.1 Å². The summed E-state index contributed by atoms with van der Waals surface area (Å²) in [4.78, 5) is 16.5. The van der Waals surface area contributed by atoms with E-state index in [0.29, 0.717) is 0 Å². The smallest absolute Gasteiger partial charge is 0.237 e. The molecule has 0 saturated carbocycles. The van der Waals surface area contributed by atoms with Gasteiger partial charge in [-0.2, -0.15) is 0 Å². The van der Waals surface area contributed by atoms with Crippen LogP contribution in [0.2, 0.25) is 5.02 Å². The monoisotopic (exact) mass is 309 g/mol. The predicted octanol–water partition coefficient (Wildman–Crippen LogP) is 2.38. The molecule has 4 nitrogen and oxygen atoms in total. The largest absolute Gasteiger partial charge is 0.368 e. The van der Waals surface area contributed by atoms with Gasteiger partial charge in [0.2, 0.25) is 5.91 Å². The SMILES string of the molecule is CCCNC(=O)[C@@H](C)N1CCN(c2ccccc2Cl)CC1. The first kappa shape index (κ1) is 16.1. The fourth-order valence-electron chi connectivity index (χ4n) is 2.62. The van der Waals surface area contributed by atoms with E-state index in [1.54, 1.807) is 0 Å². The molecular weight excluding hydrogens is 286 g/mol. The Balaban J connectivity index is 1.88. The molecule has 1 amide bonds. The molecule has 1 saturated heterocycles. The van der Waals surface area contributed by atoms with E-state index in [9.17, 15) is 4.79 Å². The van der Waals surface area contributed by atoms with E-state index in [0.717, 1.165) is 49.9 Å². The van der Waals surface area contributed by atoms with Crippen molar-refractivity contribution in [1.82, 2.24) is 10.2 Å². The second-order valence-corrected chi connectivity index (χ2v) is 5.85. The van der Waals surface area contributed by atoms with E-state index in [1.165, 1.54) is 0 Å². The Morgan fingerprint density at radius 1 is 1.29 bits per heavy atom. The number of benzene rings is 1. The summed E-state index contributed by atoms with van der Waals surface area (Å²) in [6, 6.07) is 7.86. The third-order valence-electron chi connectivity index (χ3n) is 3.98. The number of para-hydroxylation sites is 1.